The number of benzene rings is 4. The van der Waals surface area contributed by atoms with Crippen LogP contribution in [0.1, 0.15) is 17.0 Å². The van der Waals surface area contributed by atoms with Crippen molar-refractivity contribution in [3.05, 3.63) is 138 Å². The standard InChI is InChI=1S/C30H24Cl2N3OP/c1-22-33-29-19-25(17-18-30(29)35(22)26-15-9-4-10-16-26)34-37(36,20-27(31)23-11-5-2-6-12-23)21-28(32)24-13-7-3-8-14-24/h2-21H,1H3,(H,34,36)/b27-20-,28-21?. The number of nitrogens with one attached hydrogen (secondary N) is 1. The number of aryl methyl sites for hydroxylation is 1. The lowest BCUT2D eigenvalue weighted by Crippen LogP contribution is -1.97. The Morgan fingerprint density at radius 1 is 0.784 bits per heavy atom. The van der Waals surface area contributed by atoms with Crippen molar-refractivity contribution < 1.29 is 4.57 Å². The van der Waals surface area contributed by atoms with E-state index in [1.807, 2.05) is 116 Å². The van der Waals surface area contributed by atoms with Crippen LogP contribution in [-0.4, -0.2) is 9.55 Å². The third kappa shape index (κ3) is 5.73. The van der Waals surface area contributed by atoms with Crippen molar-refractivity contribution in [3.63, 3.8) is 0 Å². The first kappa shape index (κ1) is 25.1. The van der Waals surface area contributed by atoms with Gasteiger partial charge in [0.05, 0.1) is 21.1 Å². The molecule has 4 aromatic carbocycles. The SMILES string of the molecule is Cc1nc2cc(NP(=O)(C=C(Cl)c3ccccc3)/C=C(\Cl)c3ccccc3)ccc2n1-c1ccccc1. The predicted octanol–water partition coefficient (Wildman–Crippen LogP) is 9.50. The number of imidazole rings is 1. The van der Waals surface area contributed by atoms with E-state index in [2.05, 4.69) is 9.65 Å². The minimum absolute atomic E-state index is 0.371. The molecule has 7 heteroatoms. The van der Waals surface area contributed by atoms with Crippen LogP contribution in [0, 0.1) is 6.92 Å². The van der Waals surface area contributed by atoms with Crippen molar-refractivity contribution in [2.24, 2.45) is 0 Å². The largest absolute Gasteiger partial charge is 0.330 e. The quantitative estimate of drug-likeness (QED) is 0.208. The molecular weight excluding hydrogens is 520 g/mol. The van der Waals surface area contributed by atoms with Crippen molar-refractivity contribution in [1.82, 2.24) is 9.55 Å². The molecule has 1 heterocycles. The molecule has 1 unspecified atom stereocenters. The summed E-state index contributed by atoms with van der Waals surface area (Å²) in [7, 11) is -3.40. The normalized spacial score (nSPS) is 13.9. The van der Waals surface area contributed by atoms with Gasteiger partial charge >= 0.3 is 0 Å². The highest BCUT2D eigenvalue weighted by Crippen LogP contribution is 2.53. The van der Waals surface area contributed by atoms with Crippen LogP contribution in [-0.2, 0) is 4.57 Å². The number of nitrogens with zero attached hydrogens (tertiary/aromatic N) is 2. The lowest BCUT2D eigenvalue weighted by Gasteiger charge is -2.16. The fourth-order valence-corrected chi connectivity index (χ4v) is 7.00. The van der Waals surface area contributed by atoms with Gasteiger partial charge in [-0.25, -0.2) is 4.98 Å². The van der Waals surface area contributed by atoms with E-state index in [-0.39, 0.29) is 0 Å². The maximum Gasteiger partial charge on any atom is 0.216 e. The molecule has 184 valence electrons. The Labute approximate surface area is 226 Å². The third-order valence-corrected chi connectivity index (χ3v) is 8.70. The van der Waals surface area contributed by atoms with Gasteiger partial charge in [-0.1, -0.05) is 102 Å². The van der Waals surface area contributed by atoms with Crippen LogP contribution >= 0.6 is 30.5 Å². The zero-order valence-corrected chi connectivity index (χ0v) is 22.5. The minimum Gasteiger partial charge on any atom is -0.330 e. The molecule has 0 bridgehead atoms. The summed E-state index contributed by atoms with van der Waals surface area (Å²) in [5.74, 6) is 3.96. The maximum atomic E-state index is 14.3. The van der Waals surface area contributed by atoms with Crippen molar-refractivity contribution in [1.29, 1.82) is 0 Å². The Balaban J connectivity index is 1.56. The highest BCUT2D eigenvalue weighted by atomic mass is 35.5. The van der Waals surface area contributed by atoms with E-state index in [0.717, 1.165) is 33.7 Å². The molecule has 0 spiro atoms. The summed E-state index contributed by atoms with van der Waals surface area (Å²) in [6, 6.07) is 34.7. The highest BCUT2D eigenvalue weighted by molar-refractivity contribution is 7.72. The number of para-hydroxylation sites is 1. The minimum atomic E-state index is -3.40. The van der Waals surface area contributed by atoms with Gasteiger partial charge in [-0.2, -0.15) is 0 Å². The van der Waals surface area contributed by atoms with Crippen molar-refractivity contribution in [2.75, 3.05) is 5.09 Å². The molecule has 0 fully saturated rings. The van der Waals surface area contributed by atoms with Gasteiger partial charge in [0, 0.05) is 23.0 Å². The molecule has 0 saturated heterocycles. The lowest BCUT2D eigenvalue weighted by molar-refractivity contribution is 0.589. The summed E-state index contributed by atoms with van der Waals surface area (Å²) in [5.41, 5.74) is 4.96. The molecule has 37 heavy (non-hydrogen) atoms. The van der Waals surface area contributed by atoms with Gasteiger partial charge in [-0.3, -0.25) is 9.13 Å². The molecule has 5 aromatic rings. The number of rotatable bonds is 7. The topological polar surface area (TPSA) is 46.9 Å². The van der Waals surface area contributed by atoms with Crippen molar-refractivity contribution in [2.45, 2.75) is 6.92 Å². The Hall–Kier alpha value is -3.56. The van der Waals surface area contributed by atoms with E-state index in [9.17, 15) is 4.57 Å². The average Bonchev–Trinajstić information content (AvgIpc) is 3.24. The second-order valence-electron chi connectivity index (χ2n) is 8.54. The number of aromatic nitrogens is 2. The third-order valence-electron chi connectivity index (χ3n) is 5.85. The predicted molar refractivity (Wildman–Crippen MR) is 158 cm³/mol. The van der Waals surface area contributed by atoms with E-state index >= 15 is 0 Å². The Bertz CT molecular complexity index is 1590. The van der Waals surface area contributed by atoms with Crippen LogP contribution in [0.2, 0.25) is 0 Å². The number of fused-ring (bicyclic) bond motifs is 1. The van der Waals surface area contributed by atoms with E-state index in [0.29, 0.717) is 15.8 Å². The number of hydrogen-bond acceptors (Lipinski definition) is 2. The summed E-state index contributed by atoms with van der Waals surface area (Å²) in [5, 5.41) is 3.94. The molecule has 1 aromatic heterocycles. The monoisotopic (exact) mass is 543 g/mol. The fraction of sp³-hybridized carbons (Fsp3) is 0.0333. The van der Waals surface area contributed by atoms with Crippen LogP contribution in [0.25, 0.3) is 26.8 Å². The molecule has 0 amide bonds. The Morgan fingerprint density at radius 2 is 1.30 bits per heavy atom. The zero-order chi connectivity index (χ0) is 25.8. The van der Waals surface area contributed by atoms with E-state index < -0.39 is 7.29 Å². The zero-order valence-electron chi connectivity index (χ0n) is 20.1. The van der Waals surface area contributed by atoms with E-state index in [1.54, 1.807) is 11.6 Å². The number of anilines is 1. The summed E-state index contributed by atoms with van der Waals surface area (Å²) >= 11 is 13.3. The molecule has 4 nitrogen and oxygen atoms in total. The van der Waals surface area contributed by atoms with Gasteiger partial charge in [-0.15, -0.1) is 0 Å². The van der Waals surface area contributed by atoms with Crippen LogP contribution in [0.15, 0.2) is 121 Å². The van der Waals surface area contributed by atoms with Gasteiger partial charge < -0.3 is 5.09 Å². The molecule has 0 aliphatic carbocycles. The number of hydrogen-bond donors (Lipinski definition) is 1. The van der Waals surface area contributed by atoms with Gasteiger partial charge in [0.25, 0.3) is 0 Å². The number of halogens is 2. The molecule has 1 N–H and O–H groups in total. The van der Waals surface area contributed by atoms with Crippen molar-refractivity contribution >= 4 is 57.3 Å². The molecular formula is C30H24Cl2N3OP. The van der Waals surface area contributed by atoms with E-state index in [1.165, 1.54) is 0 Å². The first-order chi connectivity index (χ1) is 17.9. The molecule has 0 aliphatic rings. The second kappa shape index (κ2) is 10.8. The average molecular weight is 544 g/mol. The first-order valence-electron chi connectivity index (χ1n) is 11.7. The second-order valence-corrected chi connectivity index (χ2v) is 11.5. The van der Waals surface area contributed by atoms with Gasteiger partial charge in [0.15, 0.2) is 0 Å². The van der Waals surface area contributed by atoms with Crippen LogP contribution in [0.3, 0.4) is 0 Å². The maximum absolute atomic E-state index is 14.3. The van der Waals surface area contributed by atoms with Crippen LogP contribution in [0.4, 0.5) is 5.69 Å². The summed E-state index contributed by atoms with van der Waals surface area (Å²) < 4.78 is 16.4. The smallest absolute Gasteiger partial charge is 0.216 e. The summed E-state index contributed by atoms with van der Waals surface area (Å²) in [4.78, 5) is 4.75. The van der Waals surface area contributed by atoms with Crippen molar-refractivity contribution in [3.8, 4) is 5.69 Å². The molecule has 1 atom stereocenters. The fourth-order valence-electron chi connectivity index (χ4n) is 4.16. The van der Waals surface area contributed by atoms with E-state index in [4.69, 9.17) is 28.2 Å². The highest BCUT2D eigenvalue weighted by Gasteiger charge is 2.20. The van der Waals surface area contributed by atoms with Crippen LogP contribution in [0.5, 0.6) is 0 Å². The first-order valence-corrected chi connectivity index (χ1v) is 14.3. The molecule has 0 radical (unpaired) electrons. The van der Waals surface area contributed by atoms with Crippen LogP contribution < -0.4 is 5.09 Å². The van der Waals surface area contributed by atoms with Gasteiger partial charge in [0.1, 0.15) is 5.82 Å². The van der Waals surface area contributed by atoms with Gasteiger partial charge in [-0.05, 0) is 48.4 Å². The summed E-state index contributed by atoms with van der Waals surface area (Å²) in [6.07, 6.45) is 0. The summed E-state index contributed by atoms with van der Waals surface area (Å²) in [6.45, 7) is 1.97. The molecule has 0 saturated carbocycles. The Kier molecular flexibility index (Phi) is 7.34. The van der Waals surface area contributed by atoms with Gasteiger partial charge in [0.2, 0.25) is 7.29 Å². The lowest BCUT2D eigenvalue weighted by atomic mass is 10.2. The molecule has 0 aliphatic heterocycles. The molecule has 5 rings (SSSR count). The Morgan fingerprint density at radius 3 is 1.84 bits per heavy atom.